The first-order valence-corrected chi connectivity index (χ1v) is 12.1. The third-order valence-corrected chi connectivity index (χ3v) is 6.89. The lowest BCUT2D eigenvalue weighted by Crippen LogP contribution is -2.62. The van der Waals surface area contributed by atoms with Gasteiger partial charge in [0.2, 0.25) is 17.7 Å². The van der Waals surface area contributed by atoms with E-state index in [9.17, 15) is 24.3 Å². The molecule has 0 spiro atoms. The molecule has 0 aliphatic carbocycles. The first-order chi connectivity index (χ1) is 18.1. The zero-order valence-electron chi connectivity index (χ0n) is 21.3. The molecule has 4 rings (SSSR count). The van der Waals surface area contributed by atoms with Gasteiger partial charge in [-0.25, -0.2) is 0 Å². The molecule has 1 heterocycles. The summed E-state index contributed by atoms with van der Waals surface area (Å²) >= 11 is 0. The number of benzene rings is 3. The summed E-state index contributed by atoms with van der Waals surface area (Å²) in [6.07, 6.45) is -0.763. The highest BCUT2D eigenvalue weighted by atomic mass is 16.5. The number of para-hydroxylation sites is 3. The summed E-state index contributed by atoms with van der Waals surface area (Å²) < 4.78 is 5.27. The van der Waals surface area contributed by atoms with E-state index in [1.165, 1.54) is 16.9 Å². The van der Waals surface area contributed by atoms with Crippen LogP contribution < -0.4 is 20.3 Å². The second-order valence-electron chi connectivity index (χ2n) is 9.34. The van der Waals surface area contributed by atoms with Crippen LogP contribution in [0.5, 0.6) is 5.75 Å². The Hall–Kier alpha value is -4.66. The van der Waals surface area contributed by atoms with Crippen LogP contribution >= 0.6 is 0 Å². The van der Waals surface area contributed by atoms with Gasteiger partial charge in [-0.1, -0.05) is 56.3 Å². The van der Waals surface area contributed by atoms with Crippen molar-refractivity contribution in [1.29, 1.82) is 0 Å². The molecule has 0 saturated carbocycles. The summed E-state index contributed by atoms with van der Waals surface area (Å²) in [5, 5.41) is 9.70. The molecular formula is C29H29N3O6. The maximum Gasteiger partial charge on any atom is 0.304 e. The number of primary amides is 1. The number of carbonyl (C=O) groups excluding carboxylic acids is 3. The van der Waals surface area contributed by atoms with Gasteiger partial charge in [-0.15, -0.1) is 0 Å². The number of nitrogens with two attached hydrogens (primary N) is 1. The minimum absolute atomic E-state index is 0.255. The Kier molecular flexibility index (Phi) is 7.21. The van der Waals surface area contributed by atoms with E-state index in [0.29, 0.717) is 22.7 Å². The SMILES string of the molecule is COc1ccc(C(C(N)=O)(C(C)C)N2C(=O)C(CC(=O)O)C(=O)N(c3ccccc3)c3ccccc32)cc1. The third kappa shape index (κ3) is 4.26. The maximum atomic E-state index is 14.4. The molecule has 1 aliphatic rings. The van der Waals surface area contributed by atoms with Crippen molar-refractivity contribution >= 4 is 40.8 Å². The van der Waals surface area contributed by atoms with E-state index in [1.807, 2.05) is 0 Å². The fourth-order valence-corrected chi connectivity index (χ4v) is 5.16. The number of carbonyl (C=O) groups is 4. The van der Waals surface area contributed by atoms with Crippen LogP contribution in [0.15, 0.2) is 78.9 Å². The number of aliphatic carboxylic acids is 1. The second kappa shape index (κ2) is 10.4. The Bertz CT molecular complexity index is 1370. The average Bonchev–Trinajstić information content (AvgIpc) is 2.98. The molecule has 3 N–H and O–H groups in total. The smallest absolute Gasteiger partial charge is 0.304 e. The van der Waals surface area contributed by atoms with Gasteiger partial charge in [-0.2, -0.15) is 0 Å². The van der Waals surface area contributed by atoms with E-state index < -0.39 is 47.5 Å². The molecule has 0 saturated heterocycles. The molecule has 1 aliphatic heterocycles. The molecule has 38 heavy (non-hydrogen) atoms. The molecule has 0 radical (unpaired) electrons. The van der Waals surface area contributed by atoms with Crippen LogP contribution in [0.2, 0.25) is 0 Å². The van der Waals surface area contributed by atoms with Crippen molar-refractivity contribution in [3.8, 4) is 5.75 Å². The number of ether oxygens (including phenoxy) is 1. The second-order valence-corrected chi connectivity index (χ2v) is 9.34. The van der Waals surface area contributed by atoms with Crippen LogP contribution in [0.4, 0.5) is 17.1 Å². The number of fused-ring (bicyclic) bond motifs is 1. The minimum atomic E-state index is -1.76. The number of methoxy groups -OCH3 is 1. The molecule has 0 bridgehead atoms. The van der Waals surface area contributed by atoms with Crippen LogP contribution in [0.3, 0.4) is 0 Å². The molecule has 3 amide bonds. The van der Waals surface area contributed by atoms with Crippen molar-refractivity contribution in [3.05, 3.63) is 84.4 Å². The molecule has 0 fully saturated rings. The summed E-state index contributed by atoms with van der Waals surface area (Å²) in [5.41, 5.74) is 5.80. The van der Waals surface area contributed by atoms with Gasteiger partial charge in [-0.05, 0) is 47.9 Å². The number of carboxylic acid groups (broad SMARTS) is 1. The summed E-state index contributed by atoms with van der Waals surface area (Å²) in [6.45, 7) is 3.50. The average molecular weight is 516 g/mol. The number of anilines is 3. The normalized spacial score (nSPS) is 17.0. The first kappa shape index (κ1) is 26.4. The van der Waals surface area contributed by atoms with Crippen molar-refractivity contribution in [2.45, 2.75) is 25.8 Å². The Labute approximate surface area is 220 Å². The van der Waals surface area contributed by atoms with Crippen molar-refractivity contribution in [2.24, 2.45) is 17.6 Å². The van der Waals surface area contributed by atoms with Gasteiger partial charge in [0.05, 0.1) is 24.9 Å². The number of rotatable bonds is 8. The van der Waals surface area contributed by atoms with Gasteiger partial charge < -0.3 is 15.6 Å². The van der Waals surface area contributed by atoms with Crippen molar-refractivity contribution < 1.29 is 29.0 Å². The zero-order valence-corrected chi connectivity index (χ0v) is 21.3. The monoisotopic (exact) mass is 515 g/mol. The summed E-state index contributed by atoms with van der Waals surface area (Å²) in [5.74, 6) is -5.34. The largest absolute Gasteiger partial charge is 0.497 e. The highest BCUT2D eigenvalue weighted by molar-refractivity contribution is 6.23. The standard InChI is InChI=1S/C29H29N3O6/c1-18(2)29(28(30)37,19-13-15-21(38-3)16-14-19)32-24-12-8-7-11-23(24)31(20-9-5-4-6-10-20)26(35)22(27(32)36)17-25(33)34/h4-16,18,22H,17H2,1-3H3,(H2,30,37)(H,33,34). The fourth-order valence-electron chi connectivity index (χ4n) is 5.16. The molecule has 3 aromatic rings. The number of amides is 3. The molecular weight excluding hydrogens is 486 g/mol. The van der Waals surface area contributed by atoms with Crippen LogP contribution in [0, 0.1) is 11.8 Å². The van der Waals surface area contributed by atoms with Crippen LogP contribution in [0.25, 0.3) is 0 Å². The van der Waals surface area contributed by atoms with E-state index >= 15 is 0 Å². The molecule has 3 aromatic carbocycles. The maximum absolute atomic E-state index is 14.4. The topological polar surface area (TPSA) is 130 Å². The molecule has 0 aromatic heterocycles. The summed E-state index contributed by atoms with van der Waals surface area (Å²) in [7, 11) is 1.51. The lowest BCUT2D eigenvalue weighted by Gasteiger charge is -2.45. The van der Waals surface area contributed by atoms with E-state index in [1.54, 1.807) is 92.7 Å². The van der Waals surface area contributed by atoms with E-state index in [4.69, 9.17) is 10.5 Å². The number of carboxylic acids is 1. The van der Waals surface area contributed by atoms with E-state index in [2.05, 4.69) is 0 Å². The van der Waals surface area contributed by atoms with Gasteiger partial charge >= 0.3 is 5.97 Å². The van der Waals surface area contributed by atoms with Gasteiger partial charge in [0.1, 0.15) is 11.7 Å². The Morgan fingerprint density at radius 1 is 0.921 bits per heavy atom. The van der Waals surface area contributed by atoms with Crippen LogP contribution in [0.1, 0.15) is 25.8 Å². The van der Waals surface area contributed by atoms with Crippen molar-refractivity contribution in [3.63, 3.8) is 0 Å². The van der Waals surface area contributed by atoms with Gasteiger partial charge in [0, 0.05) is 5.69 Å². The number of hydrogen-bond donors (Lipinski definition) is 2. The lowest BCUT2D eigenvalue weighted by atomic mass is 9.76. The molecule has 196 valence electrons. The molecule has 9 nitrogen and oxygen atoms in total. The minimum Gasteiger partial charge on any atom is -0.497 e. The number of hydrogen-bond acceptors (Lipinski definition) is 5. The summed E-state index contributed by atoms with van der Waals surface area (Å²) in [6, 6.07) is 21.9. The van der Waals surface area contributed by atoms with Crippen LogP contribution in [-0.4, -0.2) is 35.9 Å². The predicted octanol–water partition coefficient (Wildman–Crippen LogP) is 3.83. The van der Waals surface area contributed by atoms with E-state index in [-0.39, 0.29) is 5.69 Å². The van der Waals surface area contributed by atoms with Crippen LogP contribution in [-0.2, 0) is 24.7 Å². The number of nitrogens with zero attached hydrogens (tertiary/aromatic N) is 2. The first-order valence-electron chi connectivity index (χ1n) is 12.1. The lowest BCUT2D eigenvalue weighted by molar-refractivity contribution is -0.144. The zero-order chi connectivity index (χ0) is 27.6. The summed E-state index contributed by atoms with van der Waals surface area (Å²) in [4.78, 5) is 56.3. The molecule has 2 unspecified atom stereocenters. The van der Waals surface area contributed by atoms with Gasteiger partial charge in [-0.3, -0.25) is 29.0 Å². The van der Waals surface area contributed by atoms with Crippen molar-refractivity contribution in [1.82, 2.24) is 0 Å². The highest BCUT2D eigenvalue weighted by Crippen LogP contribution is 2.48. The Morgan fingerprint density at radius 2 is 1.50 bits per heavy atom. The molecule has 9 heteroatoms. The third-order valence-electron chi connectivity index (χ3n) is 6.89. The van der Waals surface area contributed by atoms with Gasteiger partial charge in [0.25, 0.3) is 0 Å². The molecule has 2 atom stereocenters. The highest BCUT2D eigenvalue weighted by Gasteiger charge is 2.55. The quantitative estimate of drug-likeness (QED) is 0.439. The Morgan fingerprint density at radius 3 is 2.03 bits per heavy atom. The van der Waals surface area contributed by atoms with Gasteiger partial charge in [0.15, 0.2) is 5.54 Å². The Balaban J connectivity index is 2.09. The van der Waals surface area contributed by atoms with E-state index in [0.717, 1.165) is 0 Å². The predicted molar refractivity (Wildman–Crippen MR) is 142 cm³/mol. The fraction of sp³-hybridized carbons (Fsp3) is 0.241. The van der Waals surface area contributed by atoms with Crippen molar-refractivity contribution in [2.75, 3.05) is 16.9 Å².